The van der Waals surface area contributed by atoms with Crippen LogP contribution in [0.3, 0.4) is 0 Å². The van der Waals surface area contributed by atoms with Crippen LogP contribution < -0.4 is 10.9 Å². The van der Waals surface area contributed by atoms with Gasteiger partial charge in [-0.15, -0.1) is 0 Å². The van der Waals surface area contributed by atoms with Gasteiger partial charge in [0.05, 0.1) is 5.52 Å². The Morgan fingerprint density at radius 1 is 1.25 bits per heavy atom. The normalized spacial score (nSPS) is 22.6. The van der Waals surface area contributed by atoms with E-state index in [9.17, 15) is 14.0 Å². The number of hydrogen-bond acceptors (Lipinski definition) is 3. The lowest BCUT2D eigenvalue weighted by atomic mass is 9.78. The second-order valence-corrected chi connectivity index (χ2v) is 8.02. The van der Waals surface area contributed by atoms with Crippen LogP contribution in [0.4, 0.5) is 4.39 Å². The molecule has 0 unspecified atom stereocenters. The van der Waals surface area contributed by atoms with Crippen molar-refractivity contribution in [2.45, 2.75) is 52.6 Å². The van der Waals surface area contributed by atoms with Crippen molar-refractivity contribution in [1.29, 1.82) is 0 Å². The van der Waals surface area contributed by atoms with Crippen LogP contribution in [0.15, 0.2) is 29.1 Å². The Balaban J connectivity index is 1.64. The minimum Gasteiger partial charge on any atom is -0.351 e. The zero-order valence-corrected chi connectivity index (χ0v) is 16.4. The number of rotatable bonds is 3. The fraction of sp³-hybridized carbons (Fsp3) is 0.476. The molecule has 0 aliphatic heterocycles. The van der Waals surface area contributed by atoms with Gasteiger partial charge in [0.1, 0.15) is 23.7 Å². The average molecular weight is 384 g/mol. The molecule has 0 saturated heterocycles. The van der Waals surface area contributed by atoms with Gasteiger partial charge in [0.25, 0.3) is 5.56 Å². The van der Waals surface area contributed by atoms with E-state index in [1.54, 1.807) is 23.5 Å². The molecule has 0 spiro atoms. The summed E-state index contributed by atoms with van der Waals surface area (Å²) in [5.41, 5.74) is 0.753. The first-order valence-electron chi connectivity index (χ1n) is 9.83. The summed E-state index contributed by atoms with van der Waals surface area (Å²) in [6.07, 6.45) is 3.26. The minimum absolute atomic E-state index is 0.121. The lowest BCUT2D eigenvalue weighted by Gasteiger charge is -2.34. The third kappa shape index (κ3) is 3.19. The van der Waals surface area contributed by atoms with Crippen LogP contribution in [-0.4, -0.2) is 26.1 Å². The summed E-state index contributed by atoms with van der Waals surface area (Å²) in [5, 5.41) is 8.04. The van der Waals surface area contributed by atoms with Crippen molar-refractivity contribution in [1.82, 2.24) is 19.5 Å². The van der Waals surface area contributed by atoms with Crippen LogP contribution in [0.2, 0.25) is 0 Å². The first kappa shape index (κ1) is 18.7. The molecule has 2 heterocycles. The largest absolute Gasteiger partial charge is 0.351 e. The maximum Gasteiger partial charge on any atom is 0.291 e. The van der Waals surface area contributed by atoms with Crippen LogP contribution >= 0.6 is 0 Å². The highest BCUT2D eigenvalue weighted by Crippen LogP contribution is 2.29. The first-order chi connectivity index (χ1) is 13.3. The van der Waals surface area contributed by atoms with Gasteiger partial charge in [-0.1, -0.05) is 26.7 Å². The predicted molar refractivity (Wildman–Crippen MR) is 106 cm³/mol. The van der Waals surface area contributed by atoms with Gasteiger partial charge in [-0.2, -0.15) is 5.10 Å². The van der Waals surface area contributed by atoms with Gasteiger partial charge in [-0.3, -0.25) is 14.0 Å². The van der Waals surface area contributed by atoms with E-state index in [0.29, 0.717) is 28.6 Å². The molecule has 1 aliphatic carbocycles. The number of carbonyl (C=O) groups excluding carboxylic acids is 1. The minimum atomic E-state index is -0.359. The quantitative estimate of drug-likeness (QED) is 0.755. The number of benzene rings is 1. The van der Waals surface area contributed by atoms with Crippen molar-refractivity contribution in [3.63, 3.8) is 0 Å². The molecule has 148 valence electrons. The lowest BCUT2D eigenvalue weighted by molar-refractivity contribution is -0.123. The van der Waals surface area contributed by atoms with Crippen LogP contribution in [0.5, 0.6) is 0 Å². The molecule has 1 aromatic carbocycles. The summed E-state index contributed by atoms with van der Waals surface area (Å²) in [6.45, 7) is 6.03. The van der Waals surface area contributed by atoms with Gasteiger partial charge in [0.15, 0.2) is 0 Å². The molecule has 0 radical (unpaired) electrons. The molecule has 1 N–H and O–H groups in total. The van der Waals surface area contributed by atoms with Crippen molar-refractivity contribution in [2.24, 2.45) is 11.8 Å². The summed E-state index contributed by atoms with van der Waals surface area (Å²) in [5.74, 6) is 1.00. The molecule has 1 aliphatic rings. The Kier molecular flexibility index (Phi) is 4.69. The van der Waals surface area contributed by atoms with Crippen molar-refractivity contribution in [3.05, 3.63) is 46.3 Å². The maximum absolute atomic E-state index is 13.5. The second-order valence-electron chi connectivity index (χ2n) is 8.02. The third-order valence-electron chi connectivity index (χ3n) is 6.15. The Morgan fingerprint density at radius 3 is 2.82 bits per heavy atom. The van der Waals surface area contributed by atoms with E-state index in [4.69, 9.17) is 0 Å². The van der Waals surface area contributed by atoms with E-state index in [1.165, 1.54) is 23.2 Å². The van der Waals surface area contributed by atoms with Crippen molar-refractivity contribution >= 4 is 22.3 Å². The average Bonchev–Trinajstić information content (AvgIpc) is 3.02. The fourth-order valence-electron chi connectivity index (χ4n) is 4.37. The van der Waals surface area contributed by atoms with Crippen LogP contribution in [0.1, 0.15) is 38.9 Å². The van der Waals surface area contributed by atoms with E-state index in [0.717, 1.165) is 18.4 Å². The monoisotopic (exact) mass is 384 g/mol. The number of fused-ring (bicyclic) bond motifs is 3. The number of carbonyl (C=O) groups is 1. The highest BCUT2D eigenvalue weighted by atomic mass is 19.1. The zero-order valence-electron chi connectivity index (χ0n) is 16.4. The molecular weight excluding hydrogens is 359 g/mol. The Labute approximate surface area is 162 Å². The number of amides is 1. The molecule has 3 aromatic rings. The van der Waals surface area contributed by atoms with Crippen molar-refractivity contribution in [2.75, 3.05) is 0 Å². The van der Waals surface area contributed by atoms with Gasteiger partial charge >= 0.3 is 0 Å². The molecule has 2 aromatic heterocycles. The Hall–Kier alpha value is -2.70. The van der Waals surface area contributed by atoms with E-state index in [2.05, 4.69) is 24.3 Å². The molecule has 7 heteroatoms. The van der Waals surface area contributed by atoms with Gasteiger partial charge in [-0.25, -0.2) is 9.07 Å². The van der Waals surface area contributed by atoms with Gasteiger partial charge < -0.3 is 5.32 Å². The van der Waals surface area contributed by atoms with Crippen LogP contribution in [0.25, 0.3) is 16.4 Å². The van der Waals surface area contributed by atoms with Gasteiger partial charge in [0, 0.05) is 11.4 Å². The van der Waals surface area contributed by atoms with E-state index < -0.39 is 0 Å². The number of nitrogens with one attached hydrogen (secondary N) is 1. The zero-order chi connectivity index (χ0) is 20.0. The summed E-state index contributed by atoms with van der Waals surface area (Å²) in [7, 11) is 0. The fourth-order valence-corrected chi connectivity index (χ4v) is 4.37. The third-order valence-corrected chi connectivity index (χ3v) is 6.15. The Bertz CT molecular complexity index is 1120. The summed E-state index contributed by atoms with van der Waals surface area (Å²) in [6, 6.07) is 6.17. The predicted octanol–water partition coefficient (Wildman–Crippen LogP) is 3.04. The number of halogens is 1. The summed E-state index contributed by atoms with van der Waals surface area (Å²) < 4.78 is 16.4. The lowest BCUT2D eigenvalue weighted by Crippen LogP contribution is -2.46. The van der Waals surface area contributed by atoms with Crippen molar-refractivity contribution in [3.8, 4) is 0 Å². The summed E-state index contributed by atoms with van der Waals surface area (Å²) in [4.78, 5) is 25.5. The molecule has 28 heavy (non-hydrogen) atoms. The number of aryl methyl sites for hydroxylation is 1. The topological polar surface area (TPSA) is 68.4 Å². The smallest absolute Gasteiger partial charge is 0.291 e. The van der Waals surface area contributed by atoms with E-state index >= 15 is 0 Å². The highest BCUT2D eigenvalue weighted by molar-refractivity contribution is 5.87. The molecule has 1 amide bonds. The SMILES string of the molecule is Cc1nn(CC(=O)N[C@@H]2CCC[C@@H](C)[C@@H]2C)c(=O)c2cc3cc(F)ccc3n12. The van der Waals surface area contributed by atoms with Crippen molar-refractivity contribution < 1.29 is 9.18 Å². The van der Waals surface area contributed by atoms with E-state index in [1.807, 2.05) is 0 Å². The molecule has 3 atom stereocenters. The number of aromatic nitrogens is 3. The molecular formula is C21H25FN4O2. The van der Waals surface area contributed by atoms with Crippen LogP contribution in [0, 0.1) is 24.6 Å². The summed E-state index contributed by atoms with van der Waals surface area (Å²) >= 11 is 0. The standard InChI is InChI=1S/C21H25FN4O2/c1-12-5-4-6-17(13(12)2)23-20(27)11-25-21(28)19-10-15-9-16(22)7-8-18(15)26(19)14(3)24-25/h7-10,12-13,17H,4-6,11H2,1-3H3,(H,23,27)/t12-,13+,17-/m1/s1. The molecule has 0 bridgehead atoms. The molecule has 1 fully saturated rings. The number of hydrogen-bond donors (Lipinski definition) is 1. The maximum atomic E-state index is 13.5. The van der Waals surface area contributed by atoms with E-state index in [-0.39, 0.29) is 29.9 Å². The highest BCUT2D eigenvalue weighted by Gasteiger charge is 2.28. The Morgan fingerprint density at radius 2 is 2.04 bits per heavy atom. The van der Waals surface area contributed by atoms with Crippen LogP contribution in [-0.2, 0) is 11.3 Å². The number of nitrogens with zero attached hydrogens (tertiary/aromatic N) is 3. The van der Waals surface area contributed by atoms with Gasteiger partial charge in [-0.05, 0) is 49.4 Å². The molecule has 6 nitrogen and oxygen atoms in total. The second kappa shape index (κ2) is 7.04. The first-order valence-corrected chi connectivity index (χ1v) is 9.83. The molecule has 1 saturated carbocycles. The molecule has 4 rings (SSSR count). The van der Waals surface area contributed by atoms with Gasteiger partial charge in [0.2, 0.25) is 5.91 Å².